The van der Waals surface area contributed by atoms with Gasteiger partial charge in [-0.25, -0.2) is 4.39 Å². The highest BCUT2D eigenvalue weighted by molar-refractivity contribution is 6.30. The largest absolute Gasteiger partial charge is 0.497 e. The van der Waals surface area contributed by atoms with Crippen molar-refractivity contribution in [3.8, 4) is 16.9 Å². The summed E-state index contributed by atoms with van der Waals surface area (Å²) in [5.41, 5.74) is 6.91. The van der Waals surface area contributed by atoms with E-state index < -0.39 is 5.97 Å². The van der Waals surface area contributed by atoms with E-state index >= 15 is 0 Å². The molecule has 0 amide bonds. The first-order valence-corrected chi connectivity index (χ1v) is 13.4. The minimum absolute atomic E-state index is 0.0795. The average molecular weight is 544 g/mol. The van der Waals surface area contributed by atoms with Gasteiger partial charge in [0.1, 0.15) is 11.6 Å². The first kappa shape index (κ1) is 26.8. The van der Waals surface area contributed by atoms with Crippen molar-refractivity contribution < 1.29 is 19.0 Å². The minimum Gasteiger partial charge on any atom is -0.497 e. The van der Waals surface area contributed by atoms with E-state index in [4.69, 9.17) is 16.3 Å². The molecule has 1 heterocycles. The Morgan fingerprint density at radius 1 is 1.05 bits per heavy atom. The number of nitrogens with zero attached hydrogens (tertiary/aromatic N) is 1. The van der Waals surface area contributed by atoms with Gasteiger partial charge in [0.15, 0.2) is 0 Å². The van der Waals surface area contributed by atoms with Crippen LogP contribution in [0, 0.1) is 12.7 Å². The predicted octanol–water partition coefficient (Wildman–Crippen LogP) is 7.89. The Morgan fingerprint density at radius 3 is 2.54 bits per heavy atom. The number of carboxylic acid groups (broad SMARTS) is 1. The van der Waals surface area contributed by atoms with Crippen molar-refractivity contribution in [3.63, 3.8) is 0 Å². The van der Waals surface area contributed by atoms with Crippen molar-refractivity contribution >= 4 is 23.3 Å². The molecule has 4 aromatic rings. The van der Waals surface area contributed by atoms with Gasteiger partial charge in [0.05, 0.1) is 13.5 Å². The van der Waals surface area contributed by atoms with Crippen LogP contribution in [-0.2, 0) is 11.2 Å². The molecule has 0 aliphatic carbocycles. The zero-order valence-electron chi connectivity index (χ0n) is 22.0. The standard InChI is InChI=1S/C33H31ClFNO3/c1-21-14-25(31-19-30(39-2)12-13-32(31)35)9-8-23(21)15-22-6-10-28(11-7-22)36-20-26(17-29(36)18-33(37)38)24-4-3-5-27(34)16-24/h3-14,16,19,26,29H,15,17-18,20H2,1-2H3,(H,37,38)/t26-,29-/m1/s1. The molecule has 0 unspecified atom stereocenters. The maximum atomic E-state index is 14.5. The van der Waals surface area contributed by atoms with E-state index in [1.165, 1.54) is 11.6 Å². The second kappa shape index (κ2) is 11.5. The number of carbonyl (C=O) groups is 1. The van der Waals surface area contributed by atoms with Gasteiger partial charge < -0.3 is 14.7 Å². The van der Waals surface area contributed by atoms with Gasteiger partial charge in [-0.05, 0) is 90.0 Å². The summed E-state index contributed by atoms with van der Waals surface area (Å²) in [5.74, 6) is -0.223. The van der Waals surface area contributed by atoms with Crippen LogP contribution in [0.2, 0.25) is 5.02 Å². The molecule has 0 radical (unpaired) electrons. The number of aryl methyl sites for hydroxylation is 1. The number of halogens is 2. The number of benzene rings is 4. The van der Waals surface area contributed by atoms with Crippen LogP contribution in [0.5, 0.6) is 5.75 Å². The van der Waals surface area contributed by atoms with E-state index in [2.05, 4.69) is 41.3 Å². The first-order chi connectivity index (χ1) is 18.8. The van der Waals surface area contributed by atoms with Crippen molar-refractivity contribution in [2.45, 2.75) is 38.1 Å². The monoisotopic (exact) mass is 543 g/mol. The molecule has 1 fully saturated rings. The van der Waals surface area contributed by atoms with Crippen LogP contribution in [0.25, 0.3) is 11.1 Å². The van der Waals surface area contributed by atoms with Crippen molar-refractivity contribution in [3.05, 3.63) is 118 Å². The number of hydrogen-bond acceptors (Lipinski definition) is 3. The maximum absolute atomic E-state index is 14.5. The second-order valence-electron chi connectivity index (χ2n) is 10.2. The van der Waals surface area contributed by atoms with Crippen molar-refractivity contribution in [2.75, 3.05) is 18.6 Å². The summed E-state index contributed by atoms with van der Waals surface area (Å²) in [5, 5.41) is 10.2. The molecule has 0 aromatic heterocycles. The minimum atomic E-state index is -0.791. The summed E-state index contributed by atoms with van der Waals surface area (Å²) in [6.07, 6.45) is 1.61. The van der Waals surface area contributed by atoms with Crippen LogP contribution in [0.4, 0.5) is 10.1 Å². The summed E-state index contributed by atoms with van der Waals surface area (Å²) in [6.45, 7) is 2.79. The Labute approximate surface area is 233 Å². The van der Waals surface area contributed by atoms with E-state index in [0.717, 1.165) is 47.3 Å². The maximum Gasteiger partial charge on any atom is 0.305 e. The molecule has 0 bridgehead atoms. The molecule has 2 atom stereocenters. The van der Waals surface area contributed by atoms with Gasteiger partial charge in [-0.2, -0.15) is 0 Å². The van der Waals surface area contributed by atoms with Crippen LogP contribution in [-0.4, -0.2) is 30.8 Å². The molecule has 39 heavy (non-hydrogen) atoms. The van der Waals surface area contributed by atoms with E-state index in [1.807, 2.05) is 37.3 Å². The van der Waals surface area contributed by atoms with Gasteiger partial charge in [0.25, 0.3) is 0 Å². The lowest BCUT2D eigenvalue weighted by Crippen LogP contribution is -2.31. The second-order valence-corrected chi connectivity index (χ2v) is 10.7. The number of hydrogen-bond donors (Lipinski definition) is 1. The summed E-state index contributed by atoms with van der Waals surface area (Å²) >= 11 is 6.22. The number of carboxylic acids is 1. The molecule has 5 rings (SSSR count). The molecule has 1 N–H and O–H groups in total. The Kier molecular flexibility index (Phi) is 7.89. The molecule has 1 aliphatic rings. The molecule has 1 saturated heterocycles. The lowest BCUT2D eigenvalue weighted by atomic mass is 9.95. The van der Waals surface area contributed by atoms with Crippen LogP contribution in [0.3, 0.4) is 0 Å². The van der Waals surface area contributed by atoms with Crippen LogP contribution < -0.4 is 9.64 Å². The fraction of sp³-hybridized carbons (Fsp3) is 0.242. The fourth-order valence-electron chi connectivity index (χ4n) is 5.57. The van der Waals surface area contributed by atoms with Gasteiger partial charge in [0.2, 0.25) is 0 Å². The quantitative estimate of drug-likeness (QED) is 0.245. The Hall–Kier alpha value is -3.83. The summed E-state index contributed by atoms with van der Waals surface area (Å²) < 4.78 is 19.7. The zero-order valence-corrected chi connectivity index (χ0v) is 22.8. The average Bonchev–Trinajstić information content (AvgIpc) is 3.33. The van der Waals surface area contributed by atoms with Crippen LogP contribution in [0.1, 0.15) is 41.0 Å². The lowest BCUT2D eigenvalue weighted by molar-refractivity contribution is -0.137. The highest BCUT2D eigenvalue weighted by atomic mass is 35.5. The van der Waals surface area contributed by atoms with Crippen molar-refractivity contribution in [2.24, 2.45) is 0 Å². The third-order valence-electron chi connectivity index (χ3n) is 7.63. The van der Waals surface area contributed by atoms with Crippen molar-refractivity contribution in [1.82, 2.24) is 0 Å². The topological polar surface area (TPSA) is 49.8 Å². The van der Waals surface area contributed by atoms with Crippen LogP contribution in [0.15, 0.2) is 84.9 Å². The SMILES string of the molecule is COc1ccc(F)c(-c2ccc(Cc3ccc(N4C[C@H](c5cccc(Cl)c5)C[C@@H]4CC(=O)O)cc3)c(C)c2)c1. The van der Waals surface area contributed by atoms with E-state index in [1.54, 1.807) is 19.2 Å². The Balaban J connectivity index is 1.33. The fourth-order valence-corrected chi connectivity index (χ4v) is 5.77. The molecule has 4 aromatic carbocycles. The Bertz CT molecular complexity index is 1490. The van der Waals surface area contributed by atoms with Crippen LogP contribution >= 0.6 is 11.6 Å². The predicted molar refractivity (Wildman–Crippen MR) is 155 cm³/mol. The summed E-state index contributed by atoms with van der Waals surface area (Å²) in [6, 6.07) is 26.9. The first-order valence-electron chi connectivity index (χ1n) is 13.1. The molecule has 200 valence electrons. The van der Waals surface area contributed by atoms with E-state index in [0.29, 0.717) is 16.3 Å². The van der Waals surface area contributed by atoms with Gasteiger partial charge in [-0.15, -0.1) is 0 Å². The highest BCUT2D eigenvalue weighted by Crippen LogP contribution is 2.37. The number of rotatable bonds is 8. The molecule has 4 nitrogen and oxygen atoms in total. The van der Waals surface area contributed by atoms with E-state index in [9.17, 15) is 14.3 Å². The summed E-state index contributed by atoms with van der Waals surface area (Å²) in [7, 11) is 1.57. The molecule has 1 aliphatic heterocycles. The van der Waals surface area contributed by atoms with Gasteiger partial charge >= 0.3 is 5.97 Å². The normalized spacial score (nSPS) is 16.9. The third-order valence-corrected chi connectivity index (χ3v) is 7.87. The molecular weight excluding hydrogens is 513 g/mol. The smallest absolute Gasteiger partial charge is 0.305 e. The van der Waals surface area contributed by atoms with Gasteiger partial charge in [-0.1, -0.05) is 54.1 Å². The third kappa shape index (κ3) is 6.10. The number of aliphatic carboxylic acids is 1. The highest BCUT2D eigenvalue weighted by Gasteiger charge is 2.34. The van der Waals surface area contributed by atoms with Crippen molar-refractivity contribution in [1.29, 1.82) is 0 Å². The Morgan fingerprint density at radius 2 is 1.85 bits per heavy atom. The summed E-state index contributed by atoms with van der Waals surface area (Å²) in [4.78, 5) is 13.8. The lowest BCUT2D eigenvalue weighted by Gasteiger charge is -2.26. The number of methoxy groups -OCH3 is 1. The number of anilines is 1. The zero-order chi connectivity index (χ0) is 27.5. The van der Waals surface area contributed by atoms with E-state index in [-0.39, 0.29) is 24.2 Å². The molecular formula is C33H31ClFNO3. The molecule has 0 saturated carbocycles. The molecule has 0 spiro atoms. The number of ether oxygens (including phenoxy) is 1. The molecule has 6 heteroatoms. The van der Waals surface area contributed by atoms with Gasteiger partial charge in [0, 0.05) is 34.8 Å². The van der Waals surface area contributed by atoms with Gasteiger partial charge in [-0.3, -0.25) is 4.79 Å².